The Morgan fingerprint density at radius 2 is 1.83 bits per heavy atom. The summed E-state index contributed by atoms with van der Waals surface area (Å²) in [4.78, 5) is 22.7. The van der Waals surface area contributed by atoms with E-state index in [1.807, 2.05) is 19.1 Å². The van der Waals surface area contributed by atoms with E-state index in [1.54, 1.807) is 33.1 Å². The molecule has 0 spiro atoms. The minimum absolute atomic E-state index is 0.0479. The maximum Gasteiger partial charge on any atom is 0.303 e. The molecule has 1 amide bonds. The van der Waals surface area contributed by atoms with Crippen molar-refractivity contribution in [3.05, 3.63) is 24.3 Å². The number of rotatable bonds is 9. The fourth-order valence-corrected chi connectivity index (χ4v) is 2.20. The number of amides is 1. The van der Waals surface area contributed by atoms with Gasteiger partial charge in [0, 0.05) is 6.42 Å². The van der Waals surface area contributed by atoms with Crippen LogP contribution in [0.3, 0.4) is 0 Å². The third-order valence-corrected chi connectivity index (χ3v) is 3.25. The molecule has 0 aliphatic rings. The van der Waals surface area contributed by atoms with Gasteiger partial charge in [0.25, 0.3) is 0 Å². The second kappa shape index (κ2) is 8.41. The van der Waals surface area contributed by atoms with Gasteiger partial charge in [-0.1, -0.05) is 26.0 Å². The molecule has 0 saturated heterocycles. The zero-order valence-corrected chi connectivity index (χ0v) is 14.1. The number of hydrogen-bond donors (Lipinski definition) is 2. The largest absolute Gasteiger partial charge is 0.493 e. The summed E-state index contributed by atoms with van der Waals surface area (Å²) in [6.07, 6.45) is -0.133. The smallest absolute Gasteiger partial charge is 0.303 e. The summed E-state index contributed by atoms with van der Waals surface area (Å²) in [5, 5.41) is 11.6. The van der Waals surface area contributed by atoms with E-state index in [9.17, 15) is 9.59 Å². The molecule has 1 unspecified atom stereocenters. The number of carboxylic acid groups (broad SMARTS) is 1. The van der Waals surface area contributed by atoms with Crippen LogP contribution in [-0.4, -0.2) is 36.7 Å². The molecule has 2 N–H and O–H groups in total. The molecule has 1 aromatic rings. The lowest BCUT2D eigenvalue weighted by molar-refractivity contribution is -0.139. The molecule has 1 rings (SSSR count). The molecular formula is C17H25NO5. The van der Waals surface area contributed by atoms with Crippen LogP contribution in [0.4, 0.5) is 0 Å². The van der Waals surface area contributed by atoms with Crippen molar-refractivity contribution in [2.24, 2.45) is 5.41 Å². The Hall–Kier alpha value is -2.24. The van der Waals surface area contributed by atoms with Gasteiger partial charge in [-0.2, -0.15) is 0 Å². The third-order valence-electron chi connectivity index (χ3n) is 3.25. The Morgan fingerprint density at radius 1 is 1.22 bits per heavy atom. The van der Waals surface area contributed by atoms with Gasteiger partial charge in [-0.25, -0.2) is 0 Å². The zero-order valence-electron chi connectivity index (χ0n) is 14.1. The molecule has 1 atom stereocenters. The van der Waals surface area contributed by atoms with E-state index < -0.39 is 11.4 Å². The summed E-state index contributed by atoms with van der Waals surface area (Å²) in [5.41, 5.74) is -0.581. The minimum Gasteiger partial charge on any atom is -0.493 e. The summed E-state index contributed by atoms with van der Waals surface area (Å²) >= 11 is 0. The standard InChI is InChI=1S/C17H25NO5/c1-12(23-14-8-6-5-7-13(14)22-4)11-18-15(19)9-17(2,3)10-16(20)21/h5-8,12H,9-11H2,1-4H3,(H,18,19)(H,20,21). The van der Waals surface area contributed by atoms with Gasteiger partial charge < -0.3 is 19.9 Å². The summed E-state index contributed by atoms with van der Waals surface area (Å²) in [6, 6.07) is 7.29. The number of carbonyl (C=O) groups is 2. The van der Waals surface area contributed by atoms with Crippen LogP contribution in [-0.2, 0) is 9.59 Å². The normalized spacial score (nSPS) is 12.3. The van der Waals surface area contributed by atoms with Crippen molar-refractivity contribution in [3.8, 4) is 11.5 Å². The average molecular weight is 323 g/mol. The third kappa shape index (κ3) is 7.04. The monoisotopic (exact) mass is 323 g/mol. The molecular weight excluding hydrogens is 298 g/mol. The molecule has 0 fully saturated rings. The fraction of sp³-hybridized carbons (Fsp3) is 0.529. The highest BCUT2D eigenvalue weighted by Gasteiger charge is 2.25. The number of benzene rings is 1. The van der Waals surface area contributed by atoms with Gasteiger partial charge in [0.15, 0.2) is 11.5 Å². The number of hydrogen-bond acceptors (Lipinski definition) is 4. The quantitative estimate of drug-likeness (QED) is 0.729. The zero-order chi connectivity index (χ0) is 17.5. The number of para-hydroxylation sites is 2. The van der Waals surface area contributed by atoms with E-state index in [0.29, 0.717) is 18.0 Å². The highest BCUT2D eigenvalue weighted by atomic mass is 16.5. The first-order valence-electron chi connectivity index (χ1n) is 7.51. The number of carbonyl (C=O) groups excluding carboxylic acids is 1. The Balaban J connectivity index is 2.45. The molecule has 0 aromatic heterocycles. The van der Waals surface area contributed by atoms with E-state index in [4.69, 9.17) is 14.6 Å². The molecule has 23 heavy (non-hydrogen) atoms. The Bertz CT molecular complexity index is 542. The lowest BCUT2D eigenvalue weighted by Gasteiger charge is -2.22. The Labute approximate surface area is 136 Å². The van der Waals surface area contributed by atoms with Gasteiger partial charge in [0.2, 0.25) is 5.91 Å². The van der Waals surface area contributed by atoms with Crippen molar-refractivity contribution in [2.45, 2.75) is 39.7 Å². The topological polar surface area (TPSA) is 84.9 Å². The lowest BCUT2D eigenvalue weighted by atomic mass is 9.85. The molecule has 128 valence electrons. The minimum atomic E-state index is -0.907. The van der Waals surface area contributed by atoms with Crippen molar-refractivity contribution in [2.75, 3.05) is 13.7 Å². The van der Waals surface area contributed by atoms with E-state index in [2.05, 4.69) is 5.32 Å². The summed E-state index contributed by atoms with van der Waals surface area (Å²) in [5.74, 6) is 0.152. The summed E-state index contributed by atoms with van der Waals surface area (Å²) in [7, 11) is 1.57. The number of carboxylic acids is 1. The van der Waals surface area contributed by atoms with Crippen LogP contribution < -0.4 is 14.8 Å². The second-order valence-electron chi connectivity index (χ2n) is 6.29. The van der Waals surface area contributed by atoms with Gasteiger partial charge in [-0.15, -0.1) is 0 Å². The molecule has 0 heterocycles. The molecule has 6 heteroatoms. The van der Waals surface area contributed by atoms with E-state index in [0.717, 1.165) is 0 Å². The van der Waals surface area contributed by atoms with Crippen LogP contribution in [0.5, 0.6) is 11.5 Å². The van der Waals surface area contributed by atoms with Crippen LogP contribution in [0.15, 0.2) is 24.3 Å². The first kappa shape index (κ1) is 18.8. The van der Waals surface area contributed by atoms with Crippen molar-refractivity contribution >= 4 is 11.9 Å². The molecule has 0 aliphatic heterocycles. The van der Waals surface area contributed by atoms with Crippen molar-refractivity contribution in [3.63, 3.8) is 0 Å². The second-order valence-corrected chi connectivity index (χ2v) is 6.29. The van der Waals surface area contributed by atoms with Gasteiger partial charge >= 0.3 is 5.97 Å². The summed E-state index contributed by atoms with van der Waals surface area (Å²) < 4.78 is 11.0. The van der Waals surface area contributed by atoms with E-state index in [-0.39, 0.29) is 24.9 Å². The number of methoxy groups -OCH3 is 1. The average Bonchev–Trinajstić information content (AvgIpc) is 2.43. The molecule has 0 radical (unpaired) electrons. The van der Waals surface area contributed by atoms with Crippen LogP contribution in [0.25, 0.3) is 0 Å². The lowest BCUT2D eigenvalue weighted by Crippen LogP contribution is -2.36. The number of ether oxygens (including phenoxy) is 2. The number of nitrogens with one attached hydrogen (secondary N) is 1. The Morgan fingerprint density at radius 3 is 2.39 bits per heavy atom. The molecule has 0 saturated carbocycles. The first-order chi connectivity index (χ1) is 10.7. The van der Waals surface area contributed by atoms with Crippen molar-refractivity contribution in [1.29, 1.82) is 0 Å². The van der Waals surface area contributed by atoms with E-state index in [1.165, 1.54) is 0 Å². The SMILES string of the molecule is COc1ccccc1OC(C)CNC(=O)CC(C)(C)CC(=O)O. The maximum absolute atomic E-state index is 11.9. The molecule has 0 aliphatic carbocycles. The summed E-state index contributed by atoms with van der Waals surface area (Å²) in [6.45, 7) is 5.69. The van der Waals surface area contributed by atoms with Gasteiger partial charge in [-0.3, -0.25) is 9.59 Å². The van der Waals surface area contributed by atoms with Crippen LogP contribution >= 0.6 is 0 Å². The molecule has 1 aromatic carbocycles. The molecule has 0 bridgehead atoms. The van der Waals surface area contributed by atoms with Gasteiger partial charge in [0.1, 0.15) is 6.10 Å². The van der Waals surface area contributed by atoms with Crippen molar-refractivity contribution in [1.82, 2.24) is 5.32 Å². The fourth-order valence-electron chi connectivity index (χ4n) is 2.20. The highest BCUT2D eigenvalue weighted by molar-refractivity contribution is 5.77. The molecule has 6 nitrogen and oxygen atoms in total. The van der Waals surface area contributed by atoms with Crippen LogP contribution in [0, 0.1) is 5.41 Å². The Kier molecular flexibility index (Phi) is 6.88. The van der Waals surface area contributed by atoms with Crippen LogP contribution in [0.2, 0.25) is 0 Å². The first-order valence-corrected chi connectivity index (χ1v) is 7.51. The van der Waals surface area contributed by atoms with Gasteiger partial charge in [0.05, 0.1) is 20.1 Å². The van der Waals surface area contributed by atoms with Crippen molar-refractivity contribution < 1.29 is 24.2 Å². The van der Waals surface area contributed by atoms with Crippen LogP contribution in [0.1, 0.15) is 33.6 Å². The highest BCUT2D eigenvalue weighted by Crippen LogP contribution is 2.27. The predicted molar refractivity (Wildman–Crippen MR) is 86.7 cm³/mol. The number of aliphatic carboxylic acids is 1. The van der Waals surface area contributed by atoms with Gasteiger partial charge in [-0.05, 0) is 24.5 Å². The maximum atomic E-state index is 11.9. The van der Waals surface area contributed by atoms with E-state index >= 15 is 0 Å². The predicted octanol–water partition coefficient (Wildman–Crippen LogP) is 2.47.